The van der Waals surface area contributed by atoms with Crippen molar-refractivity contribution in [3.05, 3.63) is 64.4 Å². The lowest BCUT2D eigenvalue weighted by molar-refractivity contribution is 0.783. The maximum Gasteiger partial charge on any atom is 0.260 e. The van der Waals surface area contributed by atoms with Crippen molar-refractivity contribution in [3.8, 4) is 6.07 Å². The van der Waals surface area contributed by atoms with Crippen molar-refractivity contribution in [1.82, 2.24) is 9.97 Å². The molecule has 2 aromatic carbocycles. The minimum atomic E-state index is -0.110. The quantitative estimate of drug-likeness (QED) is 0.772. The van der Waals surface area contributed by atoms with Gasteiger partial charge in [0.1, 0.15) is 6.07 Å². The molecule has 6 heteroatoms. The lowest BCUT2D eigenvalue weighted by atomic mass is 10.1. The van der Waals surface area contributed by atoms with Gasteiger partial charge >= 0.3 is 0 Å². The van der Waals surface area contributed by atoms with Crippen molar-refractivity contribution in [2.45, 2.75) is 6.42 Å². The molecule has 130 valence electrons. The zero-order valence-corrected chi connectivity index (χ0v) is 14.4. The number of aromatic amines is 1. The van der Waals surface area contributed by atoms with Crippen LogP contribution in [0.5, 0.6) is 0 Å². The number of nitrogens with zero attached hydrogens (tertiary/aromatic N) is 4. The Morgan fingerprint density at radius 3 is 2.58 bits per heavy atom. The highest BCUT2D eigenvalue weighted by Crippen LogP contribution is 2.22. The highest BCUT2D eigenvalue weighted by Gasteiger charge is 2.19. The first-order valence-electron chi connectivity index (χ1n) is 8.74. The lowest BCUT2D eigenvalue weighted by Crippen LogP contribution is -2.33. The predicted molar refractivity (Wildman–Crippen MR) is 103 cm³/mol. The van der Waals surface area contributed by atoms with Gasteiger partial charge in [-0.05, 0) is 30.7 Å². The minimum absolute atomic E-state index is 0.110. The summed E-state index contributed by atoms with van der Waals surface area (Å²) in [6.45, 7) is 3.19. The molecule has 0 unspecified atom stereocenters. The number of para-hydroxylation sites is 2. The highest BCUT2D eigenvalue weighted by atomic mass is 16.1. The summed E-state index contributed by atoms with van der Waals surface area (Å²) >= 11 is 0. The second kappa shape index (κ2) is 6.89. The average molecular weight is 345 g/mol. The summed E-state index contributed by atoms with van der Waals surface area (Å²) in [6.07, 6.45) is 0.927. The second-order valence-corrected chi connectivity index (χ2v) is 6.36. The Labute approximate surface area is 151 Å². The molecule has 1 aliphatic rings. The van der Waals surface area contributed by atoms with Crippen molar-refractivity contribution in [2.24, 2.45) is 0 Å². The molecule has 0 aliphatic carbocycles. The fourth-order valence-electron chi connectivity index (χ4n) is 3.44. The fourth-order valence-corrected chi connectivity index (χ4v) is 3.44. The van der Waals surface area contributed by atoms with E-state index < -0.39 is 0 Å². The summed E-state index contributed by atoms with van der Waals surface area (Å²) < 4.78 is 0. The topological polar surface area (TPSA) is 76.0 Å². The summed E-state index contributed by atoms with van der Waals surface area (Å²) in [5, 5.41) is 9.95. The van der Waals surface area contributed by atoms with Crippen LogP contribution in [0.1, 0.15) is 12.0 Å². The number of H-pyrrole nitrogens is 1. The first kappa shape index (κ1) is 16.2. The third-order valence-corrected chi connectivity index (χ3v) is 4.76. The standard InChI is InChI=1S/C20H19N5O/c21-14-15-6-1-4-9-18(15)24-10-5-11-25(13-12-24)20-22-17-8-3-2-7-16(17)19(26)23-20/h1-4,6-9H,5,10-13H2,(H,22,23,26). The minimum Gasteiger partial charge on any atom is -0.369 e. The molecular weight excluding hydrogens is 326 g/mol. The average Bonchev–Trinajstić information content (AvgIpc) is 2.94. The molecule has 1 aromatic heterocycles. The Morgan fingerprint density at radius 2 is 1.69 bits per heavy atom. The number of hydrogen-bond donors (Lipinski definition) is 1. The van der Waals surface area contributed by atoms with Gasteiger partial charge in [0, 0.05) is 26.2 Å². The first-order valence-corrected chi connectivity index (χ1v) is 8.74. The SMILES string of the molecule is N#Cc1ccccc1N1CCCN(c2nc3ccccc3c(=O)[nH]2)CC1. The molecule has 6 nitrogen and oxygen atoms in total. The number of fused-ring (bicyclic) bond motifs is 1. The van der Waals surface area contributed by atoms with Gasteiger partial charge in [0.25, 0.3) is 5.56 Å². The van der Waals surface area contributed by atoms with Crippen LogP contribution in [-0.4, -0.2) is 36.1 Å². The zero-order valence-electron chi connectivity index (χ0n) is 14.4. The highest BCUT2D eigenvalue weighted by molar-refractivity contribution is 5.78. The van der Waals surface area contributed by atoms with Gasteiger partial charge in [-0.15, -0.1) is 0 Å². The molecule has 1 aliphatic heterocycles. The van der Waals surface area contributed by atoms with Crippen molar-refractivity contribution in [2.75, 3.05) is 36.0 Å². The van der Waals surface area contributed by atoms with E-state index in [-0.39, 0.29) is 5.56 Å². The van der Waals surface area contributed by atoms with Crippen LogP contribution in [0.2, 0.25) is 0 Å². The van der Waals surface area contributed by atoms with E-state index in [0.717, 1.165) is 38.3 Å². The molecule has 0 spiro atoms. The van der Waals surface area contributed by atoms with Crippen molar-refractivity contribution in [1.29, 1.82) is 5.26 Å². The van der Waals surface area contributed by atoms with Crippen molar-refractivity contribution in [3.63, 3.8) is 0 Å². The summed E-state index contributed by atoms with van der Waals surface area (Å²) in [6, 6.07) is 17.3. The molecule has 0 bridgehead atoms. The van der Waals surface area contributed by atoms with Crippen LogP contribution in [-0.2, 0) is 0 Å². The predicted octanol–water partition coefficient (Wildman–Crippen LogP) is 2.51. The van der Waals surface area contributed by atoms with Crippen molar-refractivity contribution >= 4 is 22.5 Å². The molecule has 0 atom stereocenters. The monoisotopic (exact) mass is 345 g/mol. The van der Waals surface area contributed by atoms with Crippen LogP contribution < -0.4 is 15.4 Å². The van der Waals surface area contributed by atoms with Gasteiger partial charge < -0.3 is 9.80 Å². The molecule has 4 rings (SSSR count). The largest absolute Gasteiger partial charge is 0.369 e. The molecule has 1 saturated heterocycles. The van der Waals surface area contributed by atoms with Crippen LogP contribution >= 0.6 is 0 Å². The third kappa shape index (κ3) is 3.00. The van der Waals surface area contributed by atoms with E-state index in [0.29, 0.717) is 22.4 Å². The smallest absolute Gasteiger partial charge is 0.260 e. The van der Waals surface area contributed by atoms with Gasteiger partial charge in [-0.3, -0.25) is 9.78 Å². The summed E-state index contributed by atoms with van der Waals surface area (Å²) in [5.74, 6) is 0.615. The number of aromatic nitrogens is 2. The third-order valence-electron chi connectivity index (χ3n) is 4.76. The van der Waals surface area contributed by atoms with Gasteiger partial charge in [0.05, 0.1) is 22.2 Å². The maximum absolute atomic E-state index is 12.3. The van der Waals surface area contributed by atoms with E-state index in [1.807, 2.05) is 42.5 Å². The Bertz CT molecular complexity index is 1040. The molecule has 1 N–H and O–H groups in total. The number of nitrogens with one attached hydrogen (secondary N) is 1. The Kier molecular flexibility index (Phi) is 4.28. The Balaban J connectivity index is 1.60. The molecule has 3 aromatic rings. The molecule has 0 radical (unpaired) electrons. The van der Waals surface area contributed by atoms with Gasteiger partial charge in [0.2, 0.25) is 5.95 Å². The number of hydrogen-bond acceptors (Lipinski definition) is 5. The van der Waals surface area contributed by atoms with E-state index in [2.05, 4.69) is 25.8 Å². The van der Waals surface area contributed by atoms with Crippen LogP contribution in [0, 0.1) is 11.3 Å². The molecule has 0 saturated carbocycles. The summed E-state index contributed by atoms with van der Waals surface area (Å²) in [4.78, 5) is 24.2. The van der Waals surface area contributed by atoms with Crippen molar-refractivity contribution < 1.29 is 0 Å². The molecule has 0 amide bonds. The Hall–Kier alpha value is -3.33. The number of nitriles is 1. The molecular formula is C20H19N5O. The van der Waals surface area contributed by atoms with Crippen LogP contribution in [0.3, 0.4) is 0 Å². The fraction of sp³-hybridized carbons (Fsp3) is 0.250. The Morgan fingerprint density at radius 1 is 0.962 bits per heavy atom. The number of anilines is 2. The normalized spacial score (nSPS) is 14.9. The lowest BCUT2D eigenvalue weighted by Gasteiger charge is -2.24. The van der Waals surface area contributed by atoms with E-state index in [4.69, 9.17) is 0 Å². The van der Waals surface area contributed by atoms with Gasteiger partial charge in [0.15, 0.2) is 0 Å². The van der Waals surface area contributed by atoms with Crippen LogP contribution in [0.25, 0.3) is 10.9 Å². The number of benzene rings is 2. The molecule has 2 heterocycles. The van der Waals surface area contributed by atoms with E-state index in [1.54, 1.807) is 6.07 Å². The van der Waals surface area contributed by atoms with E-state index >= 15 is 0 Å². The van der Waals surface area contributed by atoms with Gasteiger partial charge in [-0.2, -0.15) is 5.26 Å². The zero-order chi connectivity index (χ0) is 17.9. The summed E-state index contributed by atoms with van der Waals surface area (Å²) in [7, 11) is 0. The van der Waals surface area contributed by atoms with E-state index in [1.165, 1.54) is 0 Å². The molecule has 26 heavy (non-hydrogen) atoms. The number of rotatable bonds is 2. The van der Waals surface area contributed by atoms with Crippen LogP contribution in [0.4, 0.5) is 11.6 Å². The van der Waals surface area contributed by atoms with Crippen LogP contribution in [0.15, 0.2) is 53.3 Å². The van der Waals surface area contributed by atoms with E-state index in [9.17, 15) is 10.1 Å². The van der Waals surface area contributed by atoms with Gasteiger partial charge in [-0.1, -0.05) is 24.3 Å². The second-order valence-electron chi connectivity index (χ2n) is 6.36. The summed E-state index contributed by atoms with van der Waals surface area (Å²) in [5.41, 5.74) is 2.26. The van der Waals surface area contributed by atoms with Gasteiger partial charge in [-0.25, -0.2) is 4.98 Å². The first-order chi connectivity index (χ1) is 12.8. The molecule has 1 fully saturated rings. The maximum atomic E-state index is 12.3.